The molecule has 0 radical (unpaired) electrons. The van der Waals surface area contributed by atoms with Crippen LogP contribution in [-0.2, 0) is 16.6 Å². The van der Waals surface area contributed by atoms with Crippen LogP contribution in [0, 0.1) is 0 Å². The Balaban J connectivity index is 2.21. The number of alkyl halides is 3. The second kappa shape index (κ2) is 6.59. The number of amides is 1. The molecule has 0 spiro atoms. The van der Waals surface area contributed by atoms with E-state index in [1.54, 1.807) is 0 Å². The zero-order valence-electron chi connectivity index (χ0n) is 12.6. The fraction of sp³-hybridized carbons (Fsp3) is 0.643. The second-order valence-corrected chi connectivity index (χ2v) is 5.63. The van der Waals surface area contributed by atoms with Crippen LogP contribution >= 0.6 is 0 Å². The maximum atomic E-state index is 13.3. The van der Waals surface area contributed by atoms with Gasteiger partial charge in [0.05, 0.1) is 0 Å². The number of carbonyl (C=O) groups excluding carboxylic acids is 1. The van der Waals surface area contributed by atoms with Crippen LogP contribution in [0.25, 0.3) is 0 Å². The molecule has 1 saturated heterocycles. The third-order valence-electron chi connectivity index (χ3n) is 4.05. The fourth-order valence-corrected chi connectivity index (χ4v) is 2.85. The minimum absolute atomic E-state index is 0.168. The number of aliphatic carboxylic acids is 1. The zero-order valence-corrected chi connectivity index (χ0v) is 12.6. The molecular weight excluding hydrogens is 315 g/mol. The zero-order chi connectivity index (χ0) is 17.2. The minimum Gasteiger partial charge on any atom is -0.480 e. The number of hydrogen-bond acceptors (Lipinski definition) is 3. The molecule has 6 nitrogen and oxygen atoms in total. The molecule has 1 amide bonds. The van der Waals surface area contributed by atoms with Crippen LogP contribution in [0.5, 0.6) is 0 Å². The summed E-state index contributed by atoms with van der Waals surface area (Å²) in [6.07, 6.45) is -1.36. The number of nitrogens with zero attached hydrogens (tertiary/aromatic N) is 3. The van der Waals surface area contributed by atoms with Crippen LogP contribution < -0.4 is 0 Å². The van der Waals surface area contributed by atoms with Crippen molar-refractivity contribution in [3.8, 4) is 0 Å². The van der Waals surface area contributed by atoms with Crippen molar-refractivity contribution in [2.45, 2.75) is 43.8 Å². The quantitative estimate of drug-likeness (QED) is 0.913. The van der Waals surface area contributed by atoms with Gasteiger partial charge in [0.15, 0.2) is 0 Å². The third-order valence-corrected chi connectivity index (χ3v) is 4.05. The Hall–Kier alpha value is -2.06. The van der Waals surface area contributed by atoms with Crippen molar-refractivity contribution in [3.63, 3.8) is 0 Å². The minimum atomic E-state index is -4.64. The van der Waals surface area contributed by atoms with Crippen LogP contribution in [0.1, 0.15) is 37.4 Å². The predicted octanol–water partition coefficient (Wildman–Crippen LogP) is 1.92. The summed E-state index contributed by atoms with van der Waals surface area (Å²) < 4.78 is 41.1. The van der Waals surface area contributed by atoms with Gasteiger partial charge in [-0.1, -0.05) is 0 Å². The molecule has 1 aliphatic heterocycles. The van der Waals surface area contributed by atoms with Gasteiger partial charge in [0.25, 0.3) is 0 Å². The van der Waals surface area contributed by atoms with Gasteiger partial charge >= 0.3 is 12.1 Å². The summed E-state index contributed by atoms with van der Waals surface area (Å²) in [5, 5.41) is 9.15. The van der Waals surface area contributed by atoms with E-state index < -0.39 is 36.4 Å². The van der Waals surface area contributed by atoms with Crippen LogP contribution in [0.4, 0.5) is 13.2 Å². The van der Waals surface area contributed by atoms with Gasteiger partial charge in [-0.2, -0.15) is 13.2 Å². The van der Waals surface area contributed by atoms with E-state index in [9.17, 15) is 22.8 Å². The van der Waals surface area contributed by atoms with Gasteiger partial charge < -0.3 is 14.6 Å². The molecule has 2 rings (SSSR count). The number of halogens is 3. The standard InChI is InChI=1S/C14H18F3N3O3/c1-19-7-5-18-12(19)9(14(15,16)17)8-11(21)20-6-3-2-4-10(20)13(22)23/h5,7,9-10H,2-4,6,8H2,1H3,(H,22,23)/t9-,10+/m0/s1. The normalized spacial score (nSPS) is 20.3. The van der Waals surface area contributed by atoms with Crippen molar-refractivity contribution in [1.82, 2.24) is 14.5 Å². The van der Waals surface area contributed by atoms with E-state index in [2.05, 4.69) is 4.98 Å². The van der Waals surface area contributed by atoms with Crippen molar-refractivity contribution >= 4 is 11.9 Å². The van der Waals surface area contributed by atoms with E-state index in [-0.39, 0.29) is 18.8 Å². The summed E-state index contributed by atoms with van der Waals surface area (Å²) in [4.78, 5) is 28.2. The smallest absolute Gasteiger partial charge is 0.399 e. The molecule has 1 aromatic rings. The molecule has 2 heterocycles. The molecule has 0 unspecified atom stereocenters. The maximum Gasteiger partial charge on any atom is 0.399 e. The average Bonchev–Trinajstić information content (AvgIpc) is 2.89. The number of likely N-dealkylation sites (tertiary alicyclic amines) is 1. The maximum absolute atomic E-state index is 13.3. The van der Waals surface area contributed by atoms with Crippen LogP contribution in [0.2, 0.25) is 0 Å². The lowest BCUT2D eigenvalue weighted by Gasteiger charge is -2.34. The molecule has 1 N–H and O–H groups in total. The Morgan fingerprint density at radius 1 is 1.43 bits per heavy atom. The Kier molecular flexibility index (Phi) is 4.96. The molecule has 1 aromatic heterocycles. The van der Waals surface area contributed by atoms with Gasteiger partial charge in [0.2, 0.25) is 5.91 Å². The fourth-order valence-electron chi connectivity index (χ4n) is 2.85. The molecular formula is C14H18F3N3O3. The highest BCUT2D eigenvalue weighted by molar-refractivity contribution is 5.84. The number of carbonyl (C=O) groups is 2. The summed E-state index contributed by atoms with van der Waals surface area (Å²) in [6.45, 7) is 0.168. The van der Waals surface area contributed by atoms with Gasteiger partial charge in [0.1, 0.15) is 17.8 Å². The molecule has 1 fully saturated rings. The first kappa shape index (κ1) is 17.3. The largest absolute Gasteiger partial charge is 0.480 e. The van der Waals surface area contributed by atoms with Crippen molar-refractivity contribution in [2.75, 3.05) is 6.54 Å². The van der Waals surface area contributed by atoms with E-state index >= 15 is 0 Å². The van der Waals surface area contributed by atoms with Gasteiger partial charge in [-0.05, 0) is 19.3 Å². The number of hydrogen-bond donors (Lipinski definition) is 1. The molecule has 23 heavy (non-hydrogen) atoms. The Morgan fingerprint density at radius 3 is 2.65 bits per heavy atom. The van der Waals surface area contributed by atoms with E-state index in [0.29, 0.717) is 12.8 Å². The number of carboxylic acid groups (broad SMARTS) is 1. The first-order valence-corrected chi connectivity index (χ1v) is 7.28. The lowest BCUT2D eigenvalue weighted by atomic mass is 9.98. The average molecular weight is 333 g/mol. The highest BCUT2D eigenvalue weighted by atomic mass is 19.4. The van der Waals surface area contributed by atoms with Gasteiger partial charge in [-0.15, -0.1) is 0 Å². The second-order valence-electron chi connectivity index (χ2n) is 5.63. The number of rotatable bonds is 4. The summed E-state index contributed by atoms with van der Waals surface area (Å²) in [6, 6.07) is -1.05. The van der Waals surface area contributed by atoms with Crippen molar-refractivity contribution in [3.05, 3.63) is 18.2 Å². The molecule has 9 heteroatoms. The highest BCUT2D eigenvalue weighted by Gasteiger charge is 2.46. The van der Waals surface area contributed by atoms with Crippen molar-refractivity contribution in [2.24, 2.45) is 7.05 Å². The lowest BCUT2D eigenvalue weighted by molar-refractivity contribution is -0.165. The number of aryl methyl sites for hydroxylation is 1. The molecule has 2 atom stereocenters. The molecule has 128 valence electrons. The summed E-state index contributed by atoms with van der Waals surface area (Å²) in [5.41, 5.74) is 0. The van der Waals surface area contributed by atoms with E-state index in [1.165, 1.54) is 24.0 Å². The monoisotopic (exact) mass is 333 g/mol. The Morgan fingerprint density at radius 2 is 2.13 bits per heavy atom. The summed E-state index contributed by atoms with van der Waals surface area (Å²) in [7, 11) is 1.42. The predicted molar refractivity (Wildman–Crippen MR) is 73.6 cm³/mol. The first-order valence-electron chi connectivity index (χ1n) is 7.28. The van der Waals surface area contributed by atoms with Crippen LogP contribution in [0.15, 0.2) is 12.4 Å². The van der Waals surface area contributed by atoms with Crippen LogP contribution in [0.3, 0.4) is 0 Å². The molecule has 0 aliphatic carbocycles. The number of imidazole rings is 1. The first-order chi connectivity index (χ1) is 10.7. The highest BCUT2D eigenvalue weighted by Crippen LogP contribution is 2.37. The molecule has 0 bridgehead atoms. The van der Waals surface area contributed by atoms with Crippen molar-refractivity contribution < 1.29 is 27.9 Å². The SMILES string of the molecule is Cn1ccnc1[C@H](CC(=O)N1CCCC[C@@H]1C(=O)O)C(F)(F)F. The lowest BCUT2D eigenvalue weighted by Crippen LogP contribution is -2.48. The topological polar surface area (TPSA) is 75.4 Å². The van der Waals surface area contributed by atoms with Gasteiger partial charge in [-0.3, -0.25) is 4.79 Å². The summed E-state index contributed by atoms with van der Waals surface area (Å²) in [5.74, 6) is -4.29. The Bertz CT molecular complexity index is 585. The van der Waals surface area contributed by atoms with Gasteiger partial charge in [0, 0.05) is 32.4 Å². The number of carboxylic acids is 1. The van der Waals surface area contributed by atoms with E-state index in [0.717, 1.165) is 4.90 Å². The molecule has 0 saturated carbocycles. The van der Waals surface area contributed by atoms with E-state index in [1.807, 2.05) is 0 Å². The van der Waals surface area contributed by atoms with Crippen LogP contribution in [-0.4, -0.2) is 50.2 Å². The Labute approximate surface area is 130 Å². The van der Waals surface area contributed by atoms with Gasteiger partial charge in [-0.25, -0.2) is 9.78 Å². The molecule has 0 aromatic carbocycles. The van der Waals surface area contributed by atoms with Crippen molar-refractivity contribution in [1.29, 1.82) is 0 Å². The van der Waals surface area contributed by atoms with E-state index in [4.69, 9.17) is 5.11 Å². The third kappa shape index (κ3) is 3.83. The number of aromatic nitrogens is 2. The number of piperidine rings is 1. The molecule has 1 aliphatic rings. The summed E-state index contributed by atoms with van der Waals surface area (Å²) >= 11 is 0.